The highest BCUT2D eigenvalue weighted by Crippen LogP contribution is 2.14. The number of hydrogen-bond acceptors (Lipinski definition) is 3. The van der Waals surface area contributed by atoms with Crippen LogP contribution in [0.5, 0.6) is 5.75 Å². The van der Waals surface area contributed by atoms with Crippen LogP contribution in [0, 0.1) is 6.92 Å². The maximum Gasteiger partial charge on any atom is 0.191 e. The Hall–Kier alpha value is -1.75. The van der Waals surface area contributed by atoms with Crippen molar-refractivity contribution in [1.82, 2.24) is 10.6 Å². The molecule has 0 saturated heterocycles. The fraction of sp³-hybridized carbons (Fsp3) is 0.611. The van der Waals surface area contributed by atoms with E-state index >= 15 is 0 Å². The molecule has 23 heavy (non-hydrogen) atoms. The number of hydrogen-bond donors (Lipinski definition) is 2. The molecular weight excluding hydrogens is 290 g/mol. The highest BCUT2D eigenvalue weighted by molar-refractivity contribution is 5.79. The molecule has 0 spiro atoms. The lowest BCUT2D eigenvalue weighted by atomic mass is 10.2. The summed E-state index contributed by atoms with van der Waals surface area (Å²) < 4.78 is 11.2. The van der Waals surface area contributed by atoms with Crippen molar-refractivity contribution >= 4 is 5.96 Å². The van der Waals surface area contributed by atoms with Gasteiger partial charge in [0.25, 0.3) is 0 Å². The Kier molecular flexibility index (Phi) is 9.87. The van der Waals surface area contributed by atoms with E-state index in [1.165, 1.54) is 5.56 Å². The predicted octanol–water partition coefficient (Wildman–Crippen LogP) is 2.74. The molecule has 0 saturated carbocycles. The molecule has 5 nitrogen and oxygen atoms in total. The van der Waals surface area contributed by atoms with Gasteiger partial charge in [-0.05, 0) is 51.8 Å². The molecule has 2 N–H and O–H groups in total. The van der Waals surface area contributed by atoms with Crippen LogP contribution in [0.4, 0.5) is 0 Å². The van der Waals surface area contributed by atoms with Gasteiger partial charge in [-0.3, -0.25) is 0 Å². The standard InChI is InChI=1S/C18H31N3O2/c1-5-19-18(20-11-8-12-22-6-2)21-14-16(4)23-17-10-7-9-15(3)13-17/h7,9-10,13,16H,5-6,8,11-12,14H2,1-4H3,(H2,19,20,21). The average Bonchev–Trinajstić information content (AvgIpc) is 2.52. The van der Waals surface area contributed by atoms with Crippen LogP contribution >= 0.6 is 0 Å². The summed E-state index contributed by atoms with van der Waals surface area (Å²) in [6.45, 7) is 12.0. The summed E-state index contributed by atoms with van der Waals surface area (Å²) in [4.78, 5) is 4.58. The highest BCUT2D eigenvalue weighted by atomic mass is 16.5. The van der Waals surface area contributed by atoms with E-state index in [9.17, 15) is 0 Å². The zero-order valence-electron chi connectivity index (χ0n) is 14.9. The number of guanidine groups is 1. The Labute approximate surface area is 140 Å². The van der Waals surface area contributed by atoms with E-state index < -0.39 is 0 Å². The summed E-state index contributed by atoms with van der Waals surface area (Å²) >= 11 is 0. The molecule has 130 valence electrons. The Balaban J connectivity index is 2.39. The normalized spacial score (nSPS) is 12.8. The van der Waals surface area contributed by atoms with Crippen LogP contribution in [0.25, 0.3) is 0 Å². The summed E-state index contributed by atoms with van der Waals surface area (Å²) in [6, 6.07) is 8.08. The molecule has 0 amide bonds. The molecule has 1 atom stereocenters. The number of ether oxygens (including phenoxy) is 2. The third-order valence-corrected chi connectivity index (χ3v) is 3.14. The van der Waals surface area contributed by atoms with Crippen molar-refractivity contribution in [1.29, 1.82) is 0 Å². The molecule has 1 aromatic carbocycles. The molecule has 1 rings (SSSR count). The van der Waals surface area contributed by atoms with Crippen molar-refractivity contribution in [2.24, 2.45) is 4.99 Å². The largest absolute Gasteiger partial charge is 0.489 e. The summed E-state index contributed by atoms with van der Waals surface area (Å²) in [5, 5.41) is 6.56. The Morgan fingerprint density at radius 3 is 2.78 bits per heavy atom. The van der Waals surface area contributed by atoms with E-state index in [-0.39, 0.29) is 6.10 Å². The second kappa shape index (κ2) is 11.8. The number of nitrogens with zero attached hydrogens (tertiary/aromatic N) is 1. The number of nitrogens with one attached hydrogen (secondary N) is 2. The monoisotopic (exact) mass is 321 g/mol. The van der Waals surface area contributed by atoms with Crippen LogP contribution < -0.4 is 15.4 Å². The second-order valence-corrected chi connectivity index (χ2v) is 5.44. The van der Waals surface area contributed by atoms with Crippen molar-refractivity contribution in [2.45, 2.75) is 40.2 Å². The fourth-order valence-corrected chi connectivity index (χ4v) is 2.05. The smallest absolute Gasteiger partial charge is 0.191 e. The molecule has 0 aromatic heterocycles. The van der Waals surface area contributed by atoms with Gasteiger partial charge in [0.1, 0.15) is 11.9 Å². The van der Waals surface area contributed by atoms with Gasteiger partial charge in [0.05, 0.1) is 6.54 Å². The van der Waals surface area contributed by atoms with Crippen LogP contribution in [0.2, 0.25) is 0 Å². The Bertz CT molecular complexity index is 463. The average molecular weight is 321 g/mol. The topological polar surface area (TPSA) is 54.9 Å². The summed E-state index contributed by atoms with van der Waals surface area (Å²) in [6.07, 6.45) is 0.990. The maximum atomic E-state index is 5.90. The van der Waals surface area contributed by atoms with Crippen LogP contribution in [0.1, 0.15) is 32.8 Å². The molecule has 5 heteroatoms. The van der Waals surface area contributed by atoms with Gasteiger partial charge in [-0.2, -0.15) is 0 Å². The van der Waals surface area contributed by atoms with Crippen molar-refractivity contribution in [3.8, 4) is 5.75 Å². The summed E-state index contributed by atoms with van der Waals surface area (Å²) in [7, 11) is 0. The first-order valence-electron chi connectivity index (χ1n) is 8.49. The molecule has 0 aliphatic heterocycles. The SMILES string of the molecule is CCNC(=NCC(C)Oc1cccc(C)c1)NCCCOCC. The lowest BCUT2D eigenvalue weighted by Gasteiger charge is -2.15. The third kappa shape index (κ3) is 9.08. The van der Waals surface area contributed by atoms with Gasteiger partial charge >= 0.3 is 0 Å². The number of benzene rings is 1. The van der Waals surface area contributed by atoms with E-state index in [0.29, 0.717) is 6.54 Å². The van der Waals surface area contributed by atoms with E-state index in [0.717, 1.165) is 44.4 Å². The molecule has 1 unspecified atom stereocenters. The predicted molar refractivity (Wildman–Crippen MR) is 96.4 cm³/mol. The molecule has 1 aromatic rings. The van der Waals surface area contributed by atoms with Crippen LogP contribution in [0.15, 0.2) is 29.3 Å². The lowest BCUT2D eigenvalue weighted by molar-refractivity contribution is 0.145. The molecular formula is C18H31N3O2. The quantitative estimate of drug-likeness (QED) is 0.395. The third-order valence-electron chi connectivity index (χ3n) is 3.14. The molecule has 0 aliphatic carbocycles. The van der Waals surface area contributed by atoms with Crippen LogP contribution in [-0.2, 0) is 4.74 Å². The zero-order chi connectivity index (χ0) is 16.9. The zero-order valence-corrected chi connectivity index (χ0v) is 14.9. The van der Waals surface area contributed by atoms with E-state index in [4.69, 9.17) is 9.47 Å². The lowest BCUT2D eigenvalue weighted by Crippen LogP contribution is -2.38. The van der Waals surface area contributed by atoms with Gasteiger partial charge in [0, 0.05) is 26.3 Å². The molecule has 0 radical (unpaired) electrons. The van der Waals surface area contributed by atoms with E-state index in [1.807, 2.05) is 32.0 Å². The number of aliphatic imine (C=N–C) groups is 1. The van der Waals surface area contributed by atoms with Gasteiger partial charge in [-0.1, -0.05) is 12.1 Å². The minimum absolute atomic E-state index is 0.0238. The van der Waals surface area contributed by atoms with Gasteiger partial charge in [0.2, 0.25) is 0 Å². The van der Waals surface area contributed by atoms with Gasteiger partial charge in [-0.25, -0.2) is 4.99 Å². The fourth-order valence-electron chi connectivity index (χ4n) is 2.05. The minimum atomic E-state index is 0.0238. The maximum absolute atomic E-state index is 5.90. The first-order chi connectivity index (χ1) is 11.2. The first kappa shape index (κ1) is 19.3. The van der Waals surface area contributed by atoms with E-state index in [2.05, 4.69) is 35.5 Å². The molecule has 0 aliphatic rings. The number of rotatable bonds is 10. The van der Waals surface area contributed by atoms with Crippen LogP contribution in [-0.4, -0.2) is 44.9 Å². The van der Waals surface area contributed by atoms with Crippen LogP contribution in [0.3, 0.4) is 0 Å². The Morgan fingerprint density at radius 1 is 1.26 bits per heavy atom. The van der Waals surface area contributed by atoms with E-state index in [1.54, 1.807) is 0 Å². The van der Waals surface area contributed by atoms with Crippen molar-refractivity contribution in [3.05, 3.63) is 29.8 Å². The van der Waals surface area contributed by atoms with Crippen molar-refractivity contribution in [2.75, 3.05) is 32.8 Å². The first-order valence-corrected chi connectivity index (χ1v) is 8.49. The van der Waals surface area contributed by atoms with Gasteiger partial charge < -0.3 is 20.1 Å². The van der Waals surface area contributed by atoms with Crippen molar-refractivity contribution < 1.29 is 9.47 Å². The Morgan fingerprint density at radius 2 is 2.09 bits per heavy atom. The van der Waals surface area contributed by atoms with Crippen molar-refractivity contribution in [3.63, 3.8) is 0 Å². The minimum Gasteiger partial charge on any atom is -0.489 e. The second-order valence-electron chi connectivity index (χ2n) is 5.44. The van der Waals surface area contributed by atoms with Gasteiger partial charge in [-0.15, -0.1) is 0 Å². The molecule has 0 fully saturated rings. The summed E-state index contributed by atoms with van der Waals surface area (Å²) in [5.74, 6) is 1.71. The molecule has 0 heterocycles. The van der Waals surface area contributed by atoms with Gasteiger partial charge in [0.15, 0.2) is 5.96 Å². The number of aryl methyl sites for hydroxylation is 1. The molecule has 0 bridgehead atoms. The highest BCUT2D eigenvalue weighted by Gasteiger charge is 2.04. The summed E-state index contributed by atoms with van der Waals surface area (Å²) in [5.41, 5.74) is 1.20.